The molecule has 4 nitrogen and oxygen atoms in total. The quantitative estimate of drug-likeness (QED) is 0.580. The molecule has 0 radical (unpaired) electrons. The van der Waals surface area contributed by atoms with Gasteiger partial charge in [-0.15, -0.1) is 10.2 Å². The third-order valence-corrected chi connectivity index (χ3v) is 4.34. The number of nitrogens with zero attached hydrogens (tertiary/aromatic N) is 3. The summed E-state index contributed by atoms with van der Waals surface area (Å²) in [5.74, 6) is 2.40. The van der Waals surface area contributed by atoms with Crippen LogP contribution in [0.3, 0.4) is 0 Å². The van der Waals surface area contributed by atoms with Gasteiger partial charge < -0.3 is 9.30 Å². The van der Waals surface area contributed by atoms with E-state index in [9.17, 15) is 4.39 Å². The molecule has 1 heterocycles. The van der Waals surface area contributed by atoms with Gasteiger partial charge in [0.25, 0.3) is 0 Å². The number of ether oxygens (including phenoxy) is 1. The molecule has 0 spiro atoms. The van der Waals surface area contributed by atoms with Crippen molar-refractivity contribution in [3.63, 3.8) is 0 Å². The standard InChI is InChI=1S/C15H18FN3OS/c1-2-19-14(11-7-8-11)17-18-15(19)21-10-9-20-13-6-4-3-5-12(13)16/h3-6,11H,2,7-10H2,1H3. The Balaban J connectivity index is 1.52. The van der Waals surface area contributed by atoms with Gasteiger partial charge in [-0.05, 0) is 31.9 Å². The van der Waals surface area contributed by atoms with Crippen LogP contribution in [-0.4, -0.2) is 27.1 Å². The van der Waals surface area contributed by atoms with Crippen molar-refractivity contribution < 1.29 is 9.13 Å². The van der Waals surface area contributed by atoms with E-state index in [1.54, 1.807) is 30.0 Å². The molecule has 0 saturated heterocycles. The predicted octanol–water partition coefficient (Wildman–Crippen LogP) is 3.49. The first-order chi connectivity index (χ1) is 10.3. The Bertz CT molecular complexity index is 613. The minimum atomic E-state index is -0.324. The average Bonchev–Trinajstić information content (AvgIpc) is 3.26. The summed E-state index contributed by atoms with van der Waals surface area (Å²) >= 11 is 1.60. The van der Waals surface area contributed by atoms with Crippen molar-refractivity contribution in [3.8, 4) is 5.75 Å². The fraction of sp³-hybridized carbons (Fsp3) is 0.467. The fourth-order valence-electron chi connectivity index (χ4n) is 2.19. The molecule has 0 unspecified atom stereocenters. The van der Waals surface area contributed by atoms with Gasteiger partial charge in [0.1, 0.15) is 5.82 Å². The molecule has 1 aromatic heterocycles. The maximum atomic E-state index is 13.4. The van der Waals surface area contributed by atoms with Crippen molar-refractivity contribution in [2.75, 3.05) is 12.4 Å². The molecule has 6 heteroatoms. The van der Waals surface area contributed by atoms with Crippen molar-refractivity contribution in [2.45, 2.75) is 37.4 Å². The Hall–Kier alpha value is -1.56. The Morgan fingerprint density at radius 1 is 1.33 bits per heavy atom. The molecular weight excluding hydrogens is 289 g/mol. The zero-order valence-electron chi connectivity index (χ0n) is 12.0. The fourth-order valence-corrected chi connectivity index (χ4v) is 3.02. The van der Waals surface area contributed by atoms with E-state index < -0.39 is 0 Å². The zero-order valence-corrected chi connectivity index (χ0v) is 12.8. The molecule has 112 valence electrons. The number of hydrogen-bond donors (Lipinski definition) is 0. The topological polar surface area (TPSA) is 39.9 Å². The van der Waals surface area contributed by atoms with Crippen LogP contribution in [0.25, 0.3) is 0 Å². The Morgan fingerprint density at radius 3 is 2.86 bits per heavy atom. The van der Waals surface area contributed by atoms with Crippen molar-refractivity contribution in [3.05, 3.63) is 35.9 Å². The molecule has 0 bridgehead atoms. The van der Waals surface area contributed by atoms with Crippen LogP contribution in [0.5, 0.6) is 5.75 Å². The van der Waals surface area contributed by atoms with E-state index in [0.29, 0.717) is 18.3 Å². The third kappa shape index (κ3) is 3.37. The lowest BCUT2D eigenvalue weighted by atomic mass is 10.3. The maximum absolute atomic E-state index is 13.4. The van der Waals surface area contributed by atoms with Gasteiger partial charge >= 0.3 is 0 Å². The number of benzene rings is 1. The lowest BCUT2D eigenvalue weighted by molar-refractivity contribution is 0.325. The molecule has 2 aromatic rings. The summed E-state index contributed by atoms with van der Waals surface area (Å²) in [6, 6.07) is 6.46. The highest BCUT2D eigenvalue weighted by atomic mass is 32.2. The van der Waals surface area contributed by atoms with Crippen LogP contribution in [0.2, 0.25) is 0 Å². The summed E-state index contributed by atoms with van der Waals surface area (Å²) in [4.78, 5) is 0. The van der Waals surface area contributed by atoms with Crippen LogP contribution in [-0.2, 0) is 6.54 Å². The zero-order chi connectivity index (χ0) is 14.7. The van der Waals surface area contributed by atoms with Gasteiger partial charge in [-0.3, -0.25) is 0 Å². The number of aromatic nitrogens is 3. The lowest BCUT2D eigenvalue weighted by Crippen LogP contribution is -2.05. The molecule has 1 aromatic carbocycles. The van der Waals surface area contributed by atoms with Crippen LogP contribution in [0.15, 0.2) is 29.4 Å². The van der Waals surface area contributed by atoms with Gasteiger partial charge in [-0.25, -0.2) is 4.39 Å². The summed E-state index contributed by atoms with van der Waals surface area (Å²) in [6.45, 7) is 3.44. The van der Waals surface area contributed by atoms with Crippen molar-refractivity contribution >= 4 is 11.8 Å². The number of halogens is 1. The predicted molar refractivity (Wildman–Crippen MR) is 80.3 cm³/mol. The Kier molecular flexibility index (Phi) is 4.43. The van der Waals surface area contributed by atoms with Gasteiger partial charge in [-0.2, -0.15) is 0 Å². The number of hydrogen-bond acceptors (Lipinski definition) is 4. The molecule has 3 rings (SSSR count). The molecule has 0 atom stereocenters. The van der Waals surface area contributed by atoms with Gasteiger partial charge in [-0.1, -0.05) is 23.9 Å². The highest BCUT2D eigenvalue weighted by Crippen LogP contribution is 2.39. The first kappa shape index (κ1) is 14.4. The van der Waals surface area contributed by atoms with Crippen LogP contribution >= 0.6 is 11.8 Å². The van der Waals surface area contributed by atoms with Crippen molar-refractivity contribution in [2.24, 2.45) is 0 Å². The summed E-state index contributed by atoms with van der Waals surface area (Å²) in [6.07, 6.45) is 2.44. The minimum absolute atomic E-state index is 0.300. The van der Waals surface area contributed by atoms with Crippen LogP contribution in [0, 0.1) is 5.82 Å². The summed E-state index contributed by atoms with van der Waals surface area (Å²) in [5, 5.41) is 9.48. The number of rotatable bonds is 7. The Labute approximate surface area is 127 Å². The first-order valence-electron chi connectivity index (χ1n) is 7.22. The number of para-hydroxylation sites is 1. The van der Waals surface area contributed by atoms with E-state index >= 15 is 0 Å². The largest absolute Gasteiger partial charge is 0.490 e. The molecule has 1 saturated carbocycles. The molecular formula is C15H18FN3OS. The highest BCUT2D eigenvalue weighted by molar-refractivity contribution is 7.99. The summed E-state index contributed by atoms with van der Waals surface area (Å²) in [7, 11) is 0. The first-order valence-corrected chi connectivity index (χ1v) is 8.21. The SMILES string of the molecule is CCn1c(SCCOc2ccccc2F)nnc1C1CC1. The molecule has 0 aliphatic heterocycles. The third-order valence-electron chi connectivity index (χ3n) is 3.41. The molecule has 0 amide bonds. The number of thioether (sulfide) groups is 1. The van der Waals surface area contributed by atoms with E-state index in [-0.39, 0.29) is 5.82 Å². The van der Waals surface area contributed by atoms with Gasteiger partial charge in [0.2, 0.25) is 0 Å². The molecule has 1 aliphatic carbocycles. The van der Waals surface area contributed by atoms with E-state index in [4.69, 9.17) is 4.74 Å². The molecule has 1 fully saturated rings. The van der Waals surface area contributed by atoms with Crippen LogP contribution in [0.4, 0.5) is 4.39 Å². The van der Waals surface area contributed by atoms with Crippen LogP contribution in [0.1, 0.15) is 31.5 Å². The minimum Gasteiger partial charge on any atom is -0.490 e. The summed E-state index contributed by atoms with van der Waals surface area (Å²) < 4.78 is 21.0. The normalized spacial score (nSPS) is 14.4. The molecule has 21 heavy (non-hydrogen) atoms. The smallest absolute Gasteiger partial charge is 0.191 e. The average molecular weight is 307 g/mol. The summed E-state index contributed by atoms with van der Waals surface area (Å²) in [5.41, 5.74) is 0. The molecule has 1 aliphatic rings. The lowest BCUT2D eigenvalue weighted by Gasteiger charge is -2.08. The molecule has 0 N–H and O–H groups in total. The van der Waals surface area contributed by atoms with Gasteiger partial charge in [0.05, 0.1) is 6.61 Å². The second-order valence-corrected chi connectivity index (χ2v) is 6.05. The van der Waals surface area contributed by atoms with E-state index in [1.165, 1.54) is 18.9 Å². The second-order valence-electron chi connectivity index (χ2n) is 4.99. The highest BCUT2D eigenvalue weighted by Gasteiger charge is 2.29. The van der Waals surface area contributed by atoms with Gasteiger partial charge in [0, 0.05) is 18.2 Å². The van der Waals surface area contributed by atoms with Crippen molar-refractivity contribution in [1.29, 1.82) is 0 Å². The van der Waals surface area contributed by atoms with E-state index in [2.05, 4.69) is 21.7 Å². The monoisotopic (exact) mass is 307 g/mol. The second kappa shape index (κ2) is 6.47. The maximum Gasteiger partial charge on any atom is 0.191 e. The van der Waals surface area contributed by atoms with Crippen molar-refractivity contribution in [1.82, 2.24) is 14.8 Å². The Morgan fingerprint density at radius 2 is 2.14 bits per heavy atom. The van der Waals surface area contributed by atoms with Gasteiger partial charge in [0.15, 0.2) is 16.7 Å². The van der Waals surface area contributed by atoms with E-state index in [0.717, 1.165) is 23.3 Å². The van der Waals surface area contributed by atoms with E-state index in [1.807, 2.05) is 0 Å². The van der Waals surface area contributed by atoms with Crippen LogP contribution < -0.4 is 4.74 Å².